The van der Waals surface area contributed by atoms with Gasteiger partial charge >= 0.3 is 5.97 Å². The van der Waals surface area contributed by atoms with Crippen molar-refractivity contribution in [1.29, 1.82) is 0 Å². The summed E-state index contributed by atoms with van der Waals surface area (Å²) in [6.45, 7) is 7.80. The van der Waals surface area contributed by atoms with E-state index in [1.54, 1.807) is 11.5 Å². The zero-order valence-electron chi connectivity index (χ0n) is 21.6. The number of anilines is 1. The van der Waals surface area contributed by atoms with Crippen LogP contribution in [0.4, 0.5) is 5.13 Å². The summed E-state index contributed by atoms with van der Waals surface area (Å²) < 4.78 is 16.9. The minimum Gasteiger partial charge on any atom is -0.456 e. The number of amides is 3. The topological polar surface area (TPSA) is 158 Å². The van der Waals surface area contributed by atoms with Gasteiger partial charge in [0.05, 0.1) is 25.4 Å². The summed E-state index contributed by atoms with van der Waals surface area (Å²) in [5.41, 5.74) is -0.00217. The van der Waals surface area contributed by atoms with Gasteiger partial charge in [0.15, 0.2) is 10.8 Å². The molecule has 2 aliphatic heterocycles. The highest BCUT2D eigenvalue weighted by Crippen LogP contribution is 2.37. The Kier molecular flexibility index (Phi) is 10.6. The summed E-state index contributed by atoms with van der Waals surface area (Å²) >= 11 is 2.38. The van der Waals surface area contributed by atoms with E-state index in [1.807, 2.05) is 27.7 Å². The van der Waals surface area contributed by atoms with Crippen molar-refractivity contribution in [2.45, 2.75) is 63.5 Å². The van der Waals surface area contributed by atoms with Crippen LogP contribution >= 0.6 is 23.1 Å². The third kappa shape index (κ3) is 7.30. The van der Waals surface area contributed by atoms with Crippen LogP contribution < -0.4 is 10.6 Å². The highest BCUT2D eigenvalue weighted by Gasteiger charge is 2.54. The lowest BCUT2D eigenvalue weighted by atomic mass is 10.0. The molecular formula is C23H31N5O8S2. The third-order valence-electron chi connectivity index (χ3n) is 5.23. The van der Waals surface area contributed by atoms with Crippen molar-refractivity contribution in [3.63, 3.8) is 0 Å². The van der Waals surface area contributed by atoms with E-state index in [0.717, 1.165) is 11.3 Å². The Balaban J connectivity index is 1.66. The predicted octanol–water partition coefficient (Wildman–Crippen LogP) is 1.11. The van der Waals surface area contributed by atoms with Crippen LogP contribution in [0.25, 0.3) is 0 Å². The van der Waals surface area contributed by atoms with Gasteiger partial charge in [-0.15, -0.1) is 23.1 Å². The number of hydrogen-bond acceptors (Lipinski definition) is 12. The van der Waals surface area contributed by atoms with Crippen molar-refractivity contribution in [2.75, 3.05) is 25.6 Å². The van der Waals surface area contributed by atoms with Gasteiger partial charge in [-0.2, -0.15) is 0 Å². The number of nitrogens with zero attached hydrogens (tertiary/aromatic N) is 3. The fourth-order valence-electron chi connectivity index (χ4n) is 3.50. The van der Waals surface area contributed by atoms with Crippen molar-refractivity contribution >= 4 is 58.1 Å². The molecule has 2 unspecified atom stereocenters. The molecule has 2 aliphatic rings. The first-order valence-corrected chi connectivity index (χ1v) is 13.6. The maximum absolute atomic E-state index is 13.0. The average molecular weight is 570 g/mol. The van der Waals surface area contributed by atoms with Crippen LogP contribution in [0.3, 0.4) is 0 Å². The second-order valence-corrected chi connectivity index (χ2v) is 10.6. The van der Waals surface area contributed by atoms with Crippen LogP contribution in [0, 0.1) is 0 Å². The van der Waals surface area contributed by atoms with Crippen LogP contribution in [0.5, 0.6) is 0 Å². The molecule has 15 heteroatoms. The van der Waals surface area contributed by atoms with Crippen molar-refractivity contribution in [3.05, 3.63) is 22.6 Å². The van der Waals surface area contributed by atoms with Gasteiger partial charge in [-0.3, -0.25) is 14.4 Å². The van der Waals surface area contributed by atoms with Gasteiger partial charge in [0.1, 0.15) is 36.4 Å². The molecule has 0 aromatic carbocycles. The molecule has 38 heavy (non-hydrogen) atoms. The zero-order chi connectivity index (χ0) is 27.8. The zero-order valence-corrected chi connectivity index (χ0v) is 23.2. The molecule has 3 atom stereocenters. The van der Waals surface area contributed by atoms with E-state index in [0.29, 0.717) is 6.41 Å². The molecule has 1 aromatic heterocycles. The number of esters is 1. The number of nitrogens with one attached hydrogen (secondary N) is 2. The number of hydrogen-bond donors (Lipinski definition) is 2. The Hall–Kier alpha value is -3.01. The fraction of sp³-hybridized carbons (Fsp3) is 0.565. The molecule has 0 saturated carbocycles. The number of β-lactam (4-membered cyclic amide) rings is 1. The molecule has 3 heterocycles. The highest BCUT2D eigenvalue weighted by molar-refractivity contribution is 8.02. The molecule has 3 rings (SSSR count). The molecule has 1 fully saturated rings. The second-order valence-electron chi connectivity index (χ2n) is 8.74. The van der Waals surface area contributed by atoms with Gasteiger partial charge in [0.2, 0.25) is 12.3 Å². The normalized spacial score (nSPS) is 20.8. The van der Waals surface area contributed by atoms with Crippen LogP contribution in [-0.4, -0.2) is 95.9 Å². The Labute approximate surface area is 228 Å². The first-order valence-electron chi connectivity index (χ1n) is 11.8. The standard InChI is InChI=1S/C23H31N5O8S2/c1-12(2)34-8-14(9-35-13(3)4)36-22(32)16-6-7-37-21-18(20(31)28(16)21)26-19(30)17(27-33-5)15-10-38-23(25-15)24-11-29/h6-7,10-14,16,18,21H,8-9H2,1-5H3,(H,26,30)(H,24,25,29)/t16?,18?,21-/m1/s1. The van der Waals surface area contributed by atoms with Crippen LogP contribution in [0.1, 0.15) is 33.4 Å². The van der Waals surface area contributed by atoms with Gasteiger partial charge in [0, 0.05) is 5.38 Å². The maximum atomic E-state index is 13.0. The molecule has 208 valence electrons. The van der Waals surface area contributed by atoms with E-state index < -0.39 is 41.3 Å². The average Bonchev–Trinajstić information content (AvgIpc) is 3.34. The summed E-state index contributed by atoms with van der Waals surface area (Å²) in [4.78, 5) is 60.0. The molecular weight excluding hydrogens is 538 g/mol. The number of aromatic nitrogens is 1. The number of oxime groups is 1. The summed E-state index contributed by atoms with van der Waals surface area (Å²) in [5, 5.41) is 11.7. The number of thioether (sulfide) groups is 1. The van der Waals surface area contributed by atoms with Gasteiger partial charge < -0.3 is 34.6 Å². The number of thiazole rings is 1. The number of fused-ring (bicyclic) bond motifs is 1. The van der Waals surface area contributed by atoms with Crippen molar-refractivity contribution in [3.8, 4) is 0 Å². The van der Waals surface area contributed by atoms with E-state index in [9.17, 15) is 19.2 Å². The first-order chi connectivity index (χ1) is 18.2. The lowest BCUT2D eigenvalue weighted by Crippen LogP contribution is -2.73. The summed E-state index contributed by atoms with van der Waals surface area (Å²) in [6.07, 6.45) is 1.28. The third-order valence-corrected chi connectivity index (χ3v) is 7.09. The Bertz CT molecular complexity index is 1060. The molecule has 0 spiro atoms. The molecule has 0 radical (unpaired) electrons. The van der Waals surface area contributed by atoms with Gasteiger partial charge in [-0.1, -0.05) is 5.16 Å². The van der Waals surface area contributed by atoms with Crippen LogP contribution in [0.2, 0.25) is 0 Å². The van der Waals surface area contributed by atoms with Crippen molar-refractivity contribution in [1.82, 2.24) is 15.2 Å². The second kappa shape index (κ2) is 13.7. The smallest absolute Gasteiger partial charge is 0.333 e. The van der Waals surface area contributed by atoms with E-state index >= 15 is 0 Å². The predicted molar refractivity (Wildman–Crippen MR) is 140 cm³/mol. The van der Waals surface area contributed by atoms with Crippen LogP contribution in [0.15, 0.2) is 22.0 Å². The van der Waals surface area contributed by atoms with Crippen molar-refractivity contribution < 1.29 is 38.2 Å². The Morgan fingerprint density at radius 1 is 1.21 bits per heavy atom. The van der Waals surface area contributed by atoms with E-state index in [1.165, 1.54) is 29.2 Å². The number of carbonyl (C=O) groups is 4. The summed E-state index contributed by atoms with van der Waals surface area (Å²) in [6, 6.07) is -1.87. The SMILES string of the molecule is CON=C(C(=O)NC1C(=O)N2C(C(=O)OC(COC(C)C)COC(C)C)C=CS[C@H]12)c1csc(NC=O)n1. The largest absolute Gasteiger partial charge is 0.456 e. The first kappa shape index (κ1) is 29.5. The summed E-state index contributed by atoms with van der Waals surface area (Å²) in [5.74, 6) is -1.76. The van der Waals surface area contributed by atoms with Gasteiger partial charge in [-0.05, 0) is 39.2 Å². The molecule has 1 saturated heterocycles. The molecule has 0 bridgehead atoms. The Morgan fingerprint density at radius 2 is 1.89 bits per heavy atom. The van der Waals surface area contributed by atoms with Crippen LogP contribution in [-0.2, 0) is 38.2 Å². The lowest BCUT2D eigenvalue weighted by Gasteiger charge is -2.50. The van der Waals surface area contributed by atoms with Crippen molar-refractivity contribution in [2.24, 2.45) is 5.16 Å². The van der Waals surface area contributed by atoms with E-state index in [4.69, 9.17) is 19.0 Å². The monoisotopic (exact) mass is 569 g/mol. The molecule has 1 aromatic rings. The number of ether oxygens (including phenoxy) is 3. The molecule has 3 amide bonds. The molecule has 0 aliphatic carbocycles. The number of carbonyl (C=O) groups excluding carboxylic acids is 4. The number of rotatable bonds is 14. The van der Waals surface area contributed by atoms with E-state index in [-0.39, 0.29) is 42.0 Å². The maximum Gasteiger partial charge on any atom is 0.333 e. The van der Waals surface area contributed by atoms with Gasteiger partial charge in [-0.25, -0.2) is 9.78 Å². The minimum atomic E-state index is -0.954. The molecule has 2 N–H and O–H groups in total. The lowest BCUT2D eigenvalue weighted by molar-refractivity contribution is -0.171. The minimum absolute atomic E-state index is 0.0596. The highest BCUT2D eigenvalue weighted by atomic mass is 32.2. The molecule has 13 nitrogen and oxygen atoms in total. The summed E-state index contributed by atoms with van der Waals surface area (Å²) in [7, 11) is 1.27. The van der Waals surface area contributed by atoms with E-state index in [2.05, 4.69) is 20.8 Å². The van der Waals surface area contributed by atoms with Gasteiger partial charge in [0.25, 0.3) is 5.91 Å². The Morgan fingerprint density at radius 3 is 2.50 bits per heavy atom. The quantitative estimate of drug-likeness (QED) is 0.109. The fourth-order valence-corrected chi connectivity index (χ4v) is 5.26.